The minimum absolute atomic E-state index is 0.00194. The first-order chi connectivity index (χ1) is 11.0. The Morgan fingerprint density at radius 1 is 1.13 bits per heavy atom. The Morgan fingerprint density at radius 3 is 2.57 bits per heavy atom. The zero-order chi connectivity index (χ0) is 16.8. The highest BCUT2D eigenvalue weighted by atomic mass is 19.1. The van der Waals surface area contributed by atoms with Gasteiger partial charge in [-0.1, -0.05) is 18.2 Å². The van der Waals surface area contributed by atoms with Crippen molar-refractivity contribution in [3.8, 4) is 0 Å². The number of nitrogens with zero attached hydrogens (tertiary/aromatic N) is 1. The number of benzene rings is 2. The third-order valence-corrected chi connectivity index (χ3v) is 2.88. The van der Waals surface area contributed by atoms with Gasteiger partial charge >= 0.3 is 0 Å². The summed E-state index contributed by atoms with van der Waals surface area (Å²) in [5, 5.41) is 15.3. The van der Waals surface area contributed by atoms with Crippen LogP contribution < -0.4 is 10.6 Å². The van der Waals surface area contributed by atoms with Crippen molar-refractivity contribution in [1.82, 2.24) is 5.32 Å². The van der Waals surface area contributed by atoms with Gasteiger partial charge in [0.25, 0.3) is 11.6 Å². The van der Waals surface area contributed by atoms with Crippen molar-refractivity contribution in [3.63, 3.8) is 0 Å². The molecule has 8 heteroatoms. The molecule has 0 radical (unpaired) electrons. The lowest BCUT2D eigenvalue weighted by atomic mass is 10.2. The summed E-state index contributed by atoms with van der Waals surface area (Å²) in [4.78, 5) is 33.6. The number of nitro benzene ring substituents is 1. The maximum absolute atomic E-state index is 13.4. The molecule has 2 aromatic rings. The predicted octanol–water partition coefficient (Wildman–Crippen LogP) is 2.10. The van der Waals surface area contributed by atoms with Crippen molar-refractivity contribution >= 4 is 23.2 Å². The average Bonchev–Trinajstić information content (AvgIpc) is 2.55. The van der Waals surface area contributed by atoms with Gasteiger partial charge in [0.15, 0.2) is 0 Å². The molecule has 0 aromatic heterocycles. The molecule has 2 rings (SSSR count). The normalized spacial score (nSPS) is 9.96. The molecular weight excluding hydrogens is 305 g/mol. The Morgan fingerprint density at radius 2 is 1.87 bits per heavy atom. The molecule has 0 saturated carbocycles. The zero-order valence-corrected chi connectivity index (χ0v) is 11.8. The van der Waals surface area contributed by atoms with Crippen LogP contribution in [0, 0.1) is 15.9 Å². The van der Waals surface area contributed by atoms with Crippen molar-refractivity contribution in [3.05, 3.63) is 70.0 Å². The SMILES string of the molecule is O=C(CNC(=O)c1cccc([N+](=O)[O-])c1)Nc1ccccc1F. The van der Waals surface area contributed by atoms with Crippen LogP contribution in [-0.4, -0.2) is 23.3 Å². The molecule has 0 atom stereocenters. The molecule has 0 bridgehead atoms. The van der Waals surface area contributed by atoms with Gasteiger partial charge < -0.3 is 10.6 Å². The first kappa shape index (κ1) is 16.1. The molecule has 23 heavy (non-hydrogen) atoms. The second kappa shape index (κ2) is 7.12. The van der Waals surface area contributed by atoms with Crippen molar-refractivity contribution in [2.75, 3.05) is 11.9 Å². The molecule has 0 aliphatic carbocycles. The fourth-order valence-electron chi connectivity index (χ4n) is 1.78. The van der Waals surface area contributed by atoms with Crippen LogP contribution in [0.2, 0.25) is 0 Å². The number of non-ortho nitro benzene ring substituents is 1. The number of carbonyl (C=O) groups is 2. The molecule has 7 nitrogen and oxygen atoms in total. The van der Waals surface area contributed by atoms with E-state index in [0.717, 1.165) is 6.07 Å². The number of halogens is 1. The highest BCUT2D eigenvalue weighted by molar-refractivity contribution is 5.99. The van der Waals surface area contributed by atoms with Gasteiger partial charge in [0.2, 0.25) is 5.91 Å². The summed E-state index contributed by atoms with van der Waals surface area (Å²) in [6, 6.07) is 10.7. The maximum Gasteiger partial charge on any atom is 0.270 e. The van der Waals surface area contributed by atoms with E-state index in [9.17, 15) is 24.1 Å². The molecule has 2 amide bonds. The molecule has 2 N–H and O–H groups in total. The van der Waals surface area contributed by atoms with E-state index in [2.05, 4.69) is 10.6 Å². The summed E-state index contributed by atoms with van der Waals surface area (Å²) < 4.78 is 13.4. The van der Waals surface area contributed by atoms with Crippen molar-refractivity contribution < 1.29 is 18.9 Å². The number of nitrogens with one attached hydrogen (secondary N) is 2. The summed E-state index contributed by atoms with van der Waals surface area (Å²) in [7, 11) is 0. The molecule has 0 aliphatic heterocycles. The Balaban J connectivity index is 1.94. The number of nitro groups is 1. The molecule has 0 saturated heterocycles. The summed E-state index contributed by atoms with van der Waals surface area (Å²) in [5.41, 5.74) is -0.173. The quantitative estimate of drug-likeness (QED) is 0.651. The molecule has 0 fully saturated rings. The van der Waals surface area contributed by atoms with E-state index in [0.29, 0.717) is 0 Å². The highest BCUT2D eigenvalue weighted by Gasteiger charge is 2.13. The number of hydrogen-bond donors (Lipinski definition) is 2. The average molecular weight is 317 g/mol. The molecule has 2 aromatic carbocycles. The number of rotatable bonds is 5. The van der Waals surface area contributed by atoms with Gasteiger partial charge in [-0.2, -0.15) is 0 Å². The highest BCUT2D eigenvalue weighted by Crippen LogP contribution is 2.13. The van der Waals surface area contributed by atoms with Gasteiger partial charge in [0, 0.05) is 17.7 Å². The number of hydrogen-bond acceptors (Lipinski definition) is 4. The van der Waals surface area contributed by atoms with E-state index in [1.807, 2.05) is 0 Å². The largest absolute Gasteiger partial charge is 0.343 e. The minimum Gasteiger partial charge on any atom is -0.343 e. The van der Waals surface area contributed by atoms with Gasteiger partial charge in [-0.3, -0.25) is 19.7 Å². The standard InChI is InChI=1S/C15H12FN3O4/c16-12-6-1-2-7-13(12)18-14(20)9-17-15(21)10-4-3-5-11(8-10)19(22)23/h1-8H,9H2,(H,17,21)(H,18,20). The molecular formula is C15H12FN3O4. The van der Waals surface area contributed by atoms with E-state index in [-0.39, 0.29) is 16.9 Å². The summed E-state index contributed by atoms with van der Waals surface area (Å²) >= 11 is 0. The van der Waals surface area contributed by atoms with E-state index in [1.165, 1.54) is 36.4 Å². The van der Waals surface area contributed by atoms with E-state index in [4.69, 9.17) is 0 Å². The first-order valence-electron chi connectivity index (χ1n) is 6.54. The number of carbonyl (C=O) groups excluding carboxylic acids is 2. The van der Waals surface area contributed by atoms with Crippen LogP contribution in [-0.2, 0) is 4.79 Å². The van der Waals surface area contributed by atoms with Gasteiger partial charge in [-0.05, 0) is 18.2 Å². The topological polar surface area (TPSA) is 101 Å². The minimum atomic E-state index is -0.641. The van der Waals surface area contributed by atoms with Crippen LogP contribution >= 0.6 is 0 Å². The Labute approximate surface area is 130 Å². The maximum atomic E-state index is 13.4. The van der Waals surface area contributed by atoms with Crippen LogP contribution in [0.1, 0.15) is 10.4 Å². The monoisotopic (exact) mass is 317 g/mol. The van der Waals surface area contributed by atoms with Crippen molar-refractivity contribution in [2.45, 2.75) is 0 Å². The molecule has 0 spiro atoms. The third-order valence-electron chi connectivity index (χ3n) is 2.88. The van der Waals surface area contributed by atoms with Gasteiger partial charge in [0.1, 0.15) is 5.82 Å². The second-order valence-electron chi connectivity index (χ2n) is 4.52. The van der Waals surface area contributed by atoms with Crippen LogP contribution in [0.4, 0.5) is 15.8 Å². The van der Waals surface area contributed by atoms with Crippen LogP contribution in [0.25, 0.3) is 0 Å². The fraction of sp³-hybridized carbons (Fsp3) is 0.0667. The van der Waals surface area contributed by atoms with Gasteiger partial charge in [-0.15, -0.1) is 0 Å². The number of anilines is 1. The Bertz CT molecular complexity index is 764. The van der Waals surface area contributed by atoms with Crippen LogP contribution in [0.3, 0.4) is 0 Å². The summed E-state index contributed by atoms with van der Waals surface area (Å²) in [6.07, 6.45) is 0. The van der Waals surface area contributed by atoms with E-state index < -0.39 is 29.1 Å². The second-order valence-corrected chi connectivity index (χ2v) is 4.52. The lowest BCUT2D eigenvalue weighted by Crippen LogP contribution is -2.33. The summed E-state index contributed by atoms with van der Waals surface area (Å²) in [6.45, 7) is -0.393. The smallest absolute Gasteiger partial charge is 0.270 e. The zero-order valence-electron chi connectivity index (χ0n) is 11.8. The molecule has 0 unspecified atom stereocenters. The number of para-hydroxylation sites is 1. The predicted molar refractivity (Wildman–Crippen MR) is 80.5 cm³/mol. The number of amides is 2. The van der Waals surface area contributed by atoms with Crippen LogP contribution in [0.5, 0.6) is 0 Å². The summed E-state index contributed by atoms with van der Waals surface area (Å²) in [5.74, 6) is -1.85. The molecule has 118 valence electrons. The van der Waals surface area contributed by atoms with Gasteiger partial charge in [0.05, 0.1) is 17.2 Å². The van der Waals surface area contributed by atoms with Crippen molar-refractivity contribution in [1.29, 1.82) is 0 Å². The van der Waals surface area contributed by atoms with E-state index >= 15 is 0 Å². The van der Waals surface area contributed by atoms with Crippen molar-refractivity contribution in [2.24, 2.45) is 0 Å². The third kappa shape index (κ3) is 4.34. The van der Waals surface area contributed by atoms with E-state index in [1.54, 1.807) is 6.07 Å². The lowest BCUT2D eigenvalue weighted by molar-refractivity contribution is -0.384. The Kier molecular flexibility index (Phi) is 4.98. The molecule has 0 heterocycles. The molecule has 0 aliphatic rings. The van der Waals surface area contributed by atoms with Gasteiger partial charge in [-0.25, -0.2) is 4.39 Å². The lowest BCUT2D eigenvalue weighted by Gasteiger charge is -2.07. The van der Waals surface area contributed by atoms with Crippen LogP contribution in [0.15, 0.2) is 48.5 Å². The Hall–Kier alpha value is -3.29. The fourth-order valence-corrected chi connectivity index (χ4v) is 1.78. The first-order valence-corrected chi connectivity index (χ1v) is 6.54.